The first-order valence-corrected chi connectivity index (χ1v) is 8.57. The number of hydrogen-bond acceptors (Lipinski definition) is 4. The van der Waals surface area contributed by atoms with E-state index in [2.05, 4.69) is 4.98 Å². The maximum Gasteiger partial charge on any atom is 0.262 e. The summed E-state index contributed by atoms with van der Waals surface area (Å²) in [7, 11) is -1.65. The maximum absolute atomic E-state index is 12.6. The first-order valence-electron chi connectivity index (χ1n) is 7.13. The highest BCUT2D eigenvalue weighted by atomic mass is 32.2. The smallest absolute Gasteiger partial charge is 0.262 e. The summed E-state index contributed by atoms with van der Waals surface area (Å²) in [4.78, 5) is 4.17. The molecule has 7 heteroatoms. The van der Waals surface area contributed by atoms with E-state index in [-0.39, 0.29) is 11.1 Å². The van der Waals surface area contributed by atoms with Crippen LogP contribution in [0.4, 0.5) is 0 Å². The molecule has 20 heavy (non-hydrogen) atoms. The van der Waals surface area contributed by atoms with Crippen LogP contribution in [0.1, 0.15) is 25.1 Å². The van der Waals surface area contributed by atoms with Gasteiger partial charge in [0.1, 0.15) is 5.82 Å². The quantitative estimate of drug-likeness (QED) is 0.861. The molecule has 1 aromatic heterocycles. The SMILES string of the molecule is Cc1nc(S(=O)(=O)N2C[C@H]3CCC(N)C[C@H]3C2)cn1C. The van der Waals surface area contributed by atoms with E-state index in [0.29, 0.717) is 30.7 Å². The van der Waals surface area contributed by atoms with Crippen molar-refractivity contribution in [3.63, 3.8) is 0 Å². The van der Waals surface area contributed by atoms with Gasteiger partial charge >= 0.3 is 0 Å². The summed E-state index contributed by atoms with van der Waals surface area (Å²) < 4.78 is 28.6. The van der Waals surface area contributed by atoms with Crippen molar-refractivity contribution in [3.05, 3.63) is 12.0 Å². The summed E-state index contributed by atoms with van der Waals surface area (Å²) in [6.45, 7) is 3.02. The summed E-state index contributed by atoms with van der Waals surface area (Å²) in [5.41, 5.74) is 6.00. The molecule has 3 atom stereocenters. The third-order valence-corrected chi connectivity index (χ3v) is 6.45. The van der Waals surface area contributed by atoms with Crippen LogP contribution in [0.15, 0.2) is 11.2 Å². The van der Waals surface area contributed by atoms with Crippen LogP contribution in [0.2, 0.25) is 0 Å². The lowest BCUT2D eigenvalue weighted by molar-refractivity contribution is 0.271. The molecule has 1 aliphatic carbocycles. The van der Waals surface area contributed by atoms with Crippen molar-refractivity contribution in [1.29, 1.82) is 0 Å². The van der Waals surface area contributed by atoms with Crippen LogP contribution in [0.3, 0.4) is 0 Å². The lowest BCUT2D eigenvalue weighted by Gasteiger charge is -2.28. The van der Waals surface area contributed by atoms with Crippen molar-refractivity contribution in [1.82, 2.24) is 13.9 Å². The van der Waals surface area contributed by atoms with Crippen LogP contribution >= 0.6 is 0 Å². The van der Waals surface area contributed by atoms with Gasteiger partial charge in [-0.3, -0.25) is 0 Å². The van der Waals surface area contributed by atoms with Crippen molar-refractivity contribution >= 4 is 10.0 Å². The number of fused-ring (bicyclic) bond motifs is 1. The molecule has 2 heterocycles. The van der Waals surface area contributed by atoms with Gasteiger partial charge in [-0.05, 0) is 38.0 Å². The number of nitrogens with two attached hydrogens (primary N) is 1. The Morgan fingerprint density at radius 2 is 2.00 bits per heavy atom. The second-order valence-corrected chi connectivity index (χ2v) is 8.04. The minimum absolute atomic E-state index is 0.167. The zero-order valence-corrected chi connectivity index (χ0v) is 12.8. The van der Waals surface area contributed by atoms with Gasteiger partial charge in [-0.15, -0.1) is 0 Å². The molecule has 1 aliphatic heterocycles. The average Bonchev–Trinajstić information content (AvgIpc) is 2.94. The van der Waals surface area contributed by atoms with Crippen molar-refractivity contribution in [2.24, 2.45) is 24.6 Å². The predicted molar refractivity (Wildman–Crippen MR) is 75.5 cm³/mol. The van der Waals surface area contributed by atoms with Crippen LogP contribution in [-0.2, 0) is 17.1 Å². The lowest BCUT2D eigenvalue weighted by atomic mass is 9.79. The number of hydrogen-bond donors (Lipinski definition) is 1. The normalized spacial score (nSPS) is 31.4. The Bertz CT molecular complexity index is 590. The molecule has 2 N–H and O–H groups in total. The number of rotatable bonds is 2. The number of aromatic nitrogens is 2. The average molecular weight is 298 g/mol. The van der Waals surface area contributed by atoms with E-state index in [9.17, 15) is 8.42 Å². The Morgan fingerprint density at radius 1 is 1.30 bits per heavy atom. The van der Waals surface area contributed by atoms with Crippen LogP contribution in [0.25, 0.3) is 0 Å². The van der Waals surface area contributed by atoms with Crippen molar-refractivity contribution < 1.29 is 8.42 Å². The fraction of sp³-hybridized carbons (Fsp3) is 0.769. The minimum Gasteiger partial charge on any atom is -0.337 e. The summed E-state index contributed by atoms with van der Waals surface area (Å²) in [6.07, 6.45) is 4.59. The predicted octanol–water partition coefficient (Wildman–Crippen LogP) is 0.476. The van der Waals surface area contributed by atoms with E-state index in [1.54, 1.807) is 15.1 Å². The van der Waals surface area contributed by atoms with Gasteiger partial charge in [0, 0.05) is 32.4 Å². The molecule has 0 radical (unpaired) electrons. The highest BCUT2D eigenvalue weighted by molar-refractivity contribution is 7.89. The Labute approximate surface area is 120 Å². The van der Waals surface area contributed by atoms with Crippen LogP contribution in [0, 0.1) is 18.8 Å². The second kappa shape index (κ2) is 4.82. The molecular formula is C13H22N4O2S. The summed E-state index contributed by atoms with van der Waals surface area (Å²) >= 11 is 0. The van der Waals surface area contributed by atoms with Gasteiger partial charge in [0.05, 0.1) is 0 Å². The number of nitrogens with zero attached hydrogens (tertiary/aromatic N) is 3. The van der Waals surface area contributed by atoms with E-state index in [0.717, 1.165) is 19.3 Å². The van der Waals surface area contributed by atoms with Gasteiger partial charge in [-0.1, -0.05) is 0 Å². The van der Waals surface area contributed by atoms with Gasteiger partial charge in [0.25, 0.3) is 10.0 Å². The van der Waals surface area contributed by atoms with Crippen molar-refractivity contribution in [3.8, 4) is 0 Å². The molecule has 0 aromatic carbocycles. The Morgan fingerprint density at radius 3 is 2.65 bits per heavy atom. The Kier molecular flexibility index (Phi) is 3.38. The van der Waals surface area contributed by atoms with Gasteiger partial charge in [-0.25, -0.2) is 13.4 Å². The molecule has 0 spiro atoms. The first-order chi connectivity index (χ1) is 9.38. The van der Waals surface area contributed by atoms with Crippen LogP contribution in [-0.4, -0.2) is 41.4 Å². The van der Waals surface area contributed by atoms with Crippen molar-refractivity contribution in [2.75, 3.05) is 13.1 Å². The topological polar surface area (TPSA) is 81.2 Å². The highest BCUT2D eigenvalue weighted by Crippen LogP contribution is 2.37. The zero-order chi connectivity index (χ0) is 14.5. The fourth-order valence-electron chi connectivity index (χ4n) is 3.40. The van der Waals surface area contributed by atoms with E-state index in [1.165, 1.54) is 0 Å². The summed E-state index contributed by atoms with van der Waals surface area (Å²) in [5.74, 6) is 1.59. The summed E-state index contributed by atoms with van der Waals surface area (Å²) in [5, 5.41) is 0.167. The molecular weight excluding hydrogens is 276 g/mol. The van der Waals surface area contributed by atoms with E-state index >= 15 is 0 Å². The fourth-order valence-corrected chi connectivity index (χ4v) is 4.98. The Balaban J connectivity index is 1.83. The number of imidazole rings is 1. The largest absolute Gasteiger partial charge is 0.337 e. The van der Waals surface area contributed by atoms with Gasteiger partial charge in [0.15, 0.2) is 5.03 Å². The monoisotopic (exact) mass is 298 g/mol. The van der Waals surface area contributed by atoms with Crippen molar-refractivity contribution in [2.45, 2.75) is 37.3 Å². The van der Waals surface area contributed by atoms with E-state index < -0.39 is 10.0 Å². The molecule has 1 aromatic rings. The molecule has 0 amide bonds. The molecule has 0 bridgehead atoms. The maximum atomic E-state index is 12.6. The minimum atomic E-state index is -3.46. The van der Waals surface area contributed by atoms with E-state index in [1.807, 2.05) is 14.0 Å². The van der Waals surface area contributed by atoms with Crippen LogP contribution in [0.5, 0.6) is 0 Å². The van der Waals surface area contributed by atoms with Gasteiger partial charge < -0.3 is 10.3 Å². The lowest BCUT2D eigenvalue weighted by Crippen LogP contribution is -2.32. The third kappa shape index (κ3) is 2.27. The first kappa shape index (κ1) is 14.0. The molecule has 1 unspecified atom stereocenters. The van der Waals surface area contributed by atoms with Gasteiger partial charge in [0.2, 0.25) is 0 Å². The molecule has 112 valence electrons. The molecule has 1 saturated heterocycles. The highest BCUT2D eigenvalue weighted by Gasteiger charge is 2.42. The second-order valence-electron chi connectivity index (χ2n) is 6.15. The molecule has 6 nitrogen and oxygen atoms in total. The molecule has 2 fully saturated rings. The zero-order valence-electron chi connectivity index (χ0n) is 12.0. The Hall–Kier alpha value is -0.920. The third-order valence-electron chi connectivity index (χ3n) is 4.75. The number of sulfonamides is 1. The van der Waals surface area contributed by atoms with Crippen LogP contribution < -0.4 is 5.73 Å². The number of aryl methyl sites for hydroxylation is 2. The van der Waals surface area contributed by atoms with Gasteiger partial charge in [-0.2, -0.15) is 4.31 Å². The molecule has 3 rings (SSSR count). The summed E-state index contributed by atoms with van der Waals surface area (Å²) in [6, 6.07) is 0.232. The molecule has 1 saturated carbocycles. The standard InChI is InChI=1S/C13H22N4O2S/c1-9-15-13(8-16(9)2)20(18,19)17-6-10-3-4-12(14)5-11(10)7-17/h8,10-12H,3-7,14H2,1-2H3/t10-,11+,12?/m1/s1. The van der Waals surface area contributed by atoms with E-state index in [4.69, 9.17) is 5.73 Å². The molecule has 2 aliphatic rings.